The largest absolute Gasteiger partial charge is 0.345 e. The van der Waals surface area contributed by atoms with Crippen molar-refractivity contribution in [3.63, 3.8) is 0 Å². The average Bonchev–Trinajstić information content (AvgIpc) is 2.39. The summed E-state index contributed by atoms with van der Waals surface area (Å²) in [5.74, 6) is 0.227. The number of nitrogens with one attached hydrogen (secondary N) is 1. The maximum absolute atomic E-state index is 11.8. The fourth-order valence-electron chi connectivity index (χ4n) is 1.62. The van der Waals surface area contributed by atoms with Crippen molar-refractivity contribution in [2.75, 3.05) is 12.0 Å². The molecule has 0 aliphatic heterocycles. The maximum Gasteiger partial charge on any atom is 0.244 e. The number of rotatable bonds is 6. The van der Waals surface area contributed by atoms with Crippen LogP contribution in [-0.2, 0) is 15.6 Å². The first-order valence-electron chi connectivity index (χ1n) is 6.08. The Morgan fingerprint density at radius 2 is 2.00 bits per heavy atom. The molecule has 0 radical (unpaired) electrons. The monoisotopic (exact) mass is 277 g/mol. The highest BCUT2D eigenvalue weighted by molar-refractivity contribution is 7.84. The fourth-order valence-corrected chi connectivity index (χ4v) is 2.36. The number of allylic oxidation sites excluding steroid dienone is 3. The quantitative estimate of drug-likeness (QED) is 0.641. The second kappa shape index (κ2) is 8.43. The second-order valence-electron chi connectivity index (χ2n) is 4.10. The average molecular weight is 277 g/mol. The third kappa shape index (κ3) is 6.15. The molecule has 102 valence electrons. The Kier molecular flexibility index (Phi) is 6.82. The molecule has 0 saturated carbocycles. The number of benzene rings is 1. The molecule has 0 bridgehead atoms. The van der Waals surface area contributed by atoms with Crippen LogP contribution in [0.3, 0.4) is 0 Å². The molecular weight excluding hydrogens is 258 g/mol. The highest BCUT2D eigenvalue weighted by Crippen LogP contribution is 2.13. The van der Waals surface area contributed by atoms with Crippen LogP contribution in [0.2, 0.25) is 0 Å². The van der Waals surface area contributed by atoms with Gasteiger partial charge < -0.3 is 5.32 Å². The first-order chi connectivity index (χ1) is 9.13. The Bertz CT molecular complexity index is 480. The molecule has 4 heteroatoms. The van der Waals surface area contributed by atoms with E-state index in [0.717, 1.165) is 5.56 Å². The normalized spacial score (nSPS) is 14.6. The van der Waals surface area contributed by atoms with E-state index in [2.05, 4.69) is 5.32 Å². The van der Waals surface area contributed by atoms with Crippen molar-refractivity contribution in [3.05, 3.63) is 60.2 Å². The summed E-state index contributed by atoms with van der Waals surface area (Å²) in [7, 11) is -0.973. The van der Waals surface area contributed by atoms with Crippen LogP contribution in [0.5, 0.6) is 0 Å². The van der Waals surface area contributed by atoms with Crippen molar-refractivity contribution in [2.24, 2.45) is 0 Å². The van der Waals surface area contributed by atoms with Crippen LogP contribution in [0, 0.1) is 0 Å². The molecule has 1 amide bonds. The summed E-state index contributed by atoms with van der Waals surface area (Å²) >= 11 is 0. The van der Waals surface area contributed by atoms with Crippen LogP contribution in [-0.4, -0.2) is 22.1 Å². The summed E-state index contributed by atoms with van der Waals surface area (Å²) in [5, 5.41) is 2.87. The first-order valence-corrected chi connectivity index (χ1v) is 7.81. The molecule has 3 nitrogen and oxygen atoms in total. The molecule has 1 aromatic carbocycles. The molecule has 0 unspecified atom stereocenters. The van der Waals surface area contributed by atoms with Crippen LogP contribution in [0.25, 0.3) is 0 Å². The van der Waals surface area contributed by atoms with Crippen LogP contribution in [0.4, 0.5) is 0 Å². The number of amides is 1. The van der Waals surface area contributed by atoms with Gasteiger partial charge in [0.05, 0.1) is 6.04 Å². The molecule has 1 rings (SSSR count). The van der Waals surface area contributed by atoms with Crippen molar-refractivity contribution < 1.29 is 9.00 Å². The van der Waals surface area contributed by atoms with E-state index in [0.29, 0.717) is 5.75 Å². The Hall–Kier alpha value is -1.68. The highest BCUT2D eigenvalue weighted by atomic mass is 32.2. The van der Waals surface area contributed by atoms with Gasteiger partial charge in [-0.15, -0.1) is 0 Å². The topological polar surface area (TPSA) is 46.2 Å². The van der Waals surface area contributed by atoms with Gasteiger partial charge in [0.1, 0.15) is 0 Å². The lowest BCUT2D eigenvalue weighted by Gasteiger charge is -2.17. The maximum atomic E-state index is 11.8. The van der Waals surface area contributed by atoms with Gasteiger partial charge in [0.15, 0.2) is 0 Å². The zero-order chi connectivity index (χ0) is 14.1. The van der Waals surface area contributed by atoms with Crippen molar-refractivity contribution in [2.45, 2.75) is 13.0 Å². The lowest BCUT2D eigenvalue weighted by atomic mass is 10.1. The number of hydrogen-bond donors (Lipinski definition) is 1. The minimum Gasteiger partial charge on any atom is -0.345 e. The minimum atomic E-state index is -0.973. The Balaban J connectivity index is 2.76. The summed E-state index contributed by atoms with van der Waals surface area (Å²) in [6.45, 7) is 1.88. The van der Waals surface area contributed by atoms with Gasteiger partial charge in [0.25, 0.3) is 0 Å². The van der Waals surface area contributed by atoms with Crippen LogP contribution in [0.15, 0.2) is 54.6 Å². The first kappa shape index (κ1) is 15.4. The Morgan fingerprint density at radius 3 is 2.58 bits per heavy atom. The van der Waals surface area contributed by atoms with Gasteiger partial charge in [-0.25, -0.2) is 0 Å². The summed E-state index contributed by atoms with van der Waals surface area (Å²) in [6.07, 6.45) is 8.42. The molecule has 1 N–H and O–H groups in total. The van der Waals surface area contributed by atoms with E-state index in [1.807, 2.05) is 43.3 Å². The standard InChI is InChI=1S/C15H19NO2S/c1-3-4-6-11-15(17)16-14(12-19(2)18)13-9-7-5-8-10-13/h3-11,14H,12H2,1-2H3,(H,16,17)/b4-3+,11-6+/t14-,19-/m1/s1. The number of carbonyl (C=O) groups excluding carboxylic acids is 1. The molecule has 0 fully saturated rings. The molecule has 0 spiro atoms. The molecule has 19 heavy (non-hydrogen) atoms. The van der Waals surface area contributed by atoms with Crippen LogP contribution >= 0.6 is 0 Å². The Morgan fingerprint density at radius 1 is 1.32 bits per heavy atom. The van der Waals surface area contributed by atoms with Crippen LogP contribution < -0.4 is 5.32 Å². The molecule has 0 aliphatic rings. The number of carbonyl (C=O) groups is 1. The highest BCUT2D eigenvalue weighted by Gasteiger charge is 2.14. The van der Waals surface area contributed by atoms with Gasteiger partial charge in [0, 0.05) is 28.9 Å². The summed E-state index contributed by atoms with van der Waals surface area (Å²) in [6, 6.07) is 9.35. The van der Waals surface area contributed by atoms with E-state index >= 15 is 0 Å². The lowest BCUT2D eigenvalue weighted by molar-refractivity contribution is -0.117. The zero-order valence-electron chi connectivity index (χ0n) is 11.2. The fraction of sp³-hybridized carbons (Fsp3) is 0.267. The zero-order valence-corrected chi connectivity index (χ0v) is 12.0. The van der Waals surface area contributed by atoms with Gasteiger partial charge in [-0.2, -0.15) is 0 Å². The van der Waals surface area contributed by atoms with E-state index in [-0.39, 0.29) is 11.9 Å². The summed E-state index contributed by atoms with van der Waals surface area (Å²) in [4.78, 5) is 11.8. The predicted molar refractivity (Wildman–Crippen MR) is 80.2 cm³/mol. The van der Waals surface area contributed by atoms with Gasteiger partial charge >= 0.3 is 0 Å². The SMILES string of the molecule is C/C=C/C=C/C(=O)N[C@H](C[S@@](C)=O)c1ccccc1. The van der Waals surface area contributed by atoms with Gasteiger partial charge in [-0.1, -0.05) is 48.6 Å². The van der Waals surface area contributed by atoms with E-state index in [4.69, 9.17) is 0 Å². The number of hydrogen-bond acceptors (Lipinski definition) is 2. The van der Waals surface area contributed by atoms with E-state index in [1.54, 1.807) is 18.4 Å². The summed E-state index contributed by atoms with van der Waals surface area (Å²) < 4.78 is 11.4. The van der Waals surface area contributed by atoms with Gasteiger partial charge in [-0.05, 0) is 12.5 Å². The molecule has 2 atom stereocenters. The van der Waals surface area contributed by atoms with Gasteiger partial charge in [0.2, 0.25) is 5.91 Å². The Labute approximate surface area is 116 Å². The lowest BCUT2D eigenvalue weighted by Crippen LogP contribution is -2.30. The predicted octanol–water partition coefficient (Wildman–Crippen LogP) is 2.35. The smallest absolute Gasteiger partial charge is 0.244 e. The molecule has 0 aliphatic carbocycles. The third-order valence-electron chi connectivity index (χ3n) is 2.47. The van der Waals surface area contributed by atoms with Crippen LogP contribution in [0.1, 0.15) is 18.5 Å². The van der Waals surface area contributed by atoms with Crippen molar-refractivity contribution in [1.29, 1.82) is 0 Å². The molecule has 1 aromatic rings. The molecule has 0 aromatic heterocycles. The molecule has 0 saturated heterocycles. The summed E-state index contributed by atoms with van der Waals surface area (Å²) in [5.41, 5.74) is 0.963. The van der Waals surface area contributed by atoms with Crippen molar-refractivity contribution in [3.8, 4) is 0 Å². The van der Waals surface area contributed by atoms with Gasteiger partial charge in [-0.3, -0.25) is 9.00 Å². The van der Waals surface area contributed by atoms with Crippen molar-refractivity contribution >= 4 is 16.7 Å². The van der Waals surface area contributed by atoms with Crippen molar-refractivity contribution in [1.82, 2.24) is 5.32 Å². The molecular formula is C15H19NO2S. The minimum absolute atomic E-state index is 0.183. The van der Waals surface area contributed by atoms with E-state index in [1.165, 1.54) is 6.08 Å². The van der Waals surface area contributed by atoms with E-state index < -0.39 is 10.8 Å². The third-order valence-corrected chi connectivity index (χ3v) is 3.27. The molecule has 0 heterocycles. The van der Waals surface area contributed by atoms with E-state index in [9.17, 15) is 9.00 Å². The second-order valence-corrected chi connectivity index (χ2v) is 5.58.